The number of hydrogen-bond donors (Lipinski definition) is 3. The van der Waals surface area contributed by atoms with Crippen molar-refractivity contribution in [2.24, 2.45) is 0 Å². The number of aliphatic hydroxyl groups is 1. The summed E-state index contributed by atoms with van der Waals surface area (Å²) in [7, 11) is 3.17. The highest BCUT2D eigenvalue weighted by molar-refractivity contribution is 5.91. The molecule has 27 heavy (non-hydrogen) atoms. The van der Waals surface area contributed by atoms with Crippen LogP contribution in [0.5, 0.6) is 11.5 Å². The number of fused-ring (bicyclic) bond motifs is 1. The van der Waals surface area contributed by atoms with Crippen molar-refractivity contribution in [3.63, 3.8) is 0 Å². The number of aromatic nitrogens is 2. The standard InChI is InChI=1S/C19H29N5O3/c1-26-16-10-14-15(11-17(16)27-2)22-19(23-18(14)20)21-7-5-9-24-8-4-3-6-13(24)12-25/h10-11,13,25H,3-9,12H2,1-2H3,(H3,20,21,22,23). The summed E-state index contributed by atoms with van der Waals surface area (Å²) in [6.45, 7) is 2.99. The van der Waals surface area contributed by atoms with Gasteiger partial charge in [0.15, 0.2) is 11.5 Å². The highest BCUT2D eigenvalue weighted by atomic mass is 16.5. The number of rotatable bonds is 8. The van der Waals surface area contributed by atoms with E-state index in [-0.39, 0.29) is 6.61 Å². The molecule has 2 heterocycles. The van der Waals surface area contributed by atoms with Gasteiger partial charge in [0.05, 0.1) is 26.3 Å². The highest BCUT2D eigenvalue weighted by Crippen LogP contribution is 2.33. The molecule has 0 aliphatic carbocycles. The molecular formula is C19H29N5O3. The van der Waals surface area contributed by atoms with Crippen LogP contribution >= 0.6 is 0 Å². The number of anilines is 2. The summed E-state index contributed by atoms with van der Waals surface area (Å²) in [6, 6.07) is 3.89. The topological polar surface area (TPSA) is 106 Å². The monoisotopic (exact) mass is 375 g/mol. The van der Waals surface area contributed by atoms with Crippen molar-refractivity contribution in [3.05, 3.63) is 12.1 Å². The first-order valence-corrected chi connectivity index (χ1v) is 9.44. The first kappa shape index (κ1) is 19.4. The second-order valence-electron chi connectivity index (χ2n) is 6.81. The first-order valence-electron chi connectivity index (χ1n) is 9.44. The van der Waals surface area contributed by atoms with Gasteiger partial charge in [0.2, 0.25) is 5.95 Å². The number of nitrogens with one attached hydrogen (secondary N) is 1. The second-order valence-corrected chi connectivity index (χ2v) is 6.81. The molecule has 1 saturated heterocycles. The molecule has 1 unspecified atom stereocenters. The van der Waals surface area contributed by atoms with E-state index in [0.29, 0.717) is 34.8 Å². The van der Waals surface area contributed by atoms with E-state index >= 15 is 0 Å². The maximum atomic E-state index is 9.50. The third-order valence-electron chi connectivity index (χ3n) is 5.10. The van der Waals surface area contributed by atoms with Crippen LogP contribution in [-0.4, -0.2) is 66.5 Å². The number of nitrogen functional groups attached to an aromatic ring is 1. The van der Waals surface area contributed by atoms with Crippen LogP contribution in [0.15, 0.2) is 12.1 Å². The largest absolute Gasteiger partial charge is 0.493 e. The summed E-state index contributed by atoms with van der Waals surface area (Å²) in [6.07, 6.45) is 4.45. The van der Waals surface area contributed by atoms with Gasteiger partial charge in [0.25, 0.3) is 0 Å². The number of benzene rings is 1. The minimum Gasteiger partial charge on any atom is -0.493 e. The van der Waals surface area contributed by atoms with Gasteiger partial charge in [-0.3, -0.25) is 4.90 Å². The van der Waals surface area contributed by atoms with Crippen molar-refractivity contribution in [3.8, 4) is 11.5 Å². The van der Waals surface area contributed by atoms with Gasteiger partial charge in [-0.1, -0.05) is 6.42 Å². The van der Waals surface area contributed by atoms with E-state index in [1.54, 1.807) is 26.4 Å². The van der Waals surface area contributed by atoms with E-state index in [4.69, 9.17) is 15.2 Å². The molecule has 2 aromatic rings. The summed E-state index contributed by atoms with van der Waals surface area (Å²) in [5, 5.41) is 13.5. The Labute approximate surface area is 159 Å². The average molecular weight is 375 g/mol. The van der Waals surface area contributed by atoms with E-state index in [2.05, 4.69) is 20.2 Å². The number of hydrogen-bond acceptors (Lipinski definition) is 8. The summed E-state index contributed by atoms with van der Waals surface area (Å²) in [5.41, 5.74) is 6.81. The molecule has 148 valence electrons. The molecule has 0 saturated carbocycles. The highest BCUT2D eigenvalue weighted by Gasteiger charge is 2.20. The number of likely N-dealkylation sites (tertiary alicyclic amines) is 1. The quantitative estimate of drug-likeness (QED) is 0.601. The van der Waals surface area contributed by atoms with Gasteiger partial charge in [0.1, 0.15) is 5.82 Å². The van der Waals surface area contributed by atoms with Crippen molar-refractivity contribution in [2.45, 2.75) is 31.7 Å². The molecule has 0 bridgehead atoms. The molecule has 4 N–H and O–H groups in total. The number of aliphatic hydroxyl groups excluding tert-OH is 1. The lowest BCUT2D eigenvalue weighted by atomic mass is 10.0. The van der Waals surface area contributed by atoms with Crippen molar-refractivity contribution in [1.29, 1.82) is 0 Å². The molecule has 0 spiro atoms. The Morgan fingerprint density at radius 3 is 2.74 bits per heavy atom. The Hall–Kier alpha value is -2.32. The van der Waals surface area contributed by atoms with Crippen molar-refractivity contribution < 1.29 is 14.6 Å². The second kappa shape index (κ2) is 9.05. The molecule has 1 fully saturated rings. The SMILES string of the molecule is COc1cc2nc(NCCCN3CCCCC3CO)nc(N)c2cc1OC. The molecule has 1 aromatic heterocycles. The van der Waals surface area contributed by atoms with Crippen LogP contribution in [0.25, 0.3) is 10.9 Å². The molecule has 0 radical (unpaired) electrons. The lowest BCUT2D eigenvalue weighted by Crippen LogP contribution is -2.42. The molecule has 3 rings (SSSR count). The Morgan fingerprint density at radius 2 is 2.00 bits per heavy atom. The Morgan fingerprint density at radius 1 is 1.22 bits per heavy atom. The molecule has 0 amide bonds. The van der Waals surface area contributed by atoms with E-state index < -0.39 is 0 Å². The molecule has 8 nitrogen and oxygen atoms in total. The Kier molecular flexibility index (Phi) is 6.52. The molecule has 1 aromatic carbocycles. The zero-order chi connectivity index (χ0) is 19.2. The fourth-order valence-corrected chi connectivity index (χ4v) is 3.60. The molecular weight excluding hydrogens is 346 g/mol. The molecule has 1 aliphatic rings. The maximum Gasteiger partial charge on any atom is 0.225 e. The van der Waals surface area contributed by atoms with Crippen LogP contribution in [-0.2, 0) is 0 Å². The average Bonchev–Trinajstić information content (AvgIpc) is 2.70. The van der Waals surface area contributed by atoms with Gasteiger partial charge in [-0.05, 0) is 31.9 Å². The molecule has 1 aliphatic heterocycles. The normalized spacial score (nSPS) is 17.8. The number of methoxy groups -OCH3 is 2. The van der Waals surface area contributed by atoms with Gasteiger partial charge in [0, 0.05) is 30.6 Å². The summed E-state index contributed by atoms with van der Waals surface area (Å²) >= 11 is 0. The minimum absolute atomic E-state index is 0.239. The first-order chi connectivity index (χ1) is 13.2. The number of ether oxygens (including phenoxy) is 2. The summed E-state index contributed by atoms with van der Waals surface area (Å²) in [4.78, 5) is 11.3. The zero-order valence-electron chi connectivity index (χ0n) is 16.1. The number of nitrogens with zero attached hydrogens (tertiary/aromatic N) is 3. The Bertz CT molecular complexity index is 771. The smallest absolute Gasteiger partial charge is 0.225 e. The van der Waals surface area contributed by atoms with E-state index in [0.717, 1.165) is 37.9 Å². The fourth-order valence-electron chi connectivity index (χ4n) is 3.60. The van der Waals surface area contributed by atoms with Crippen molar-refractivity contribution in [1.82, 2.24) is 14.9 Å². The van der Waals surface area contributed by atoms with Gasteiger partial charge >= 0.3 is 0 Å². The van der Waals surface area contributed by atoms with E-state index in [1.165, 1.54) is 12.8 Å². The van der Waals surface area contributed by atoms with Crippen LogP contribution < -0.4 is 20.5 Å². The van der Waals surface area contributed by atoms with Gasteiger partial charge < -0.3 is 25.6 Å². The number of piperidine rings is 1. The van der Waals surface area contributed by atoms with Crippen LogP contribution in [0.1, 0.15) is 25.7 Å². The number of nitrogens with two attached hydrogens (primary N) is 1. The molecule has 8 heteroatoms. The lowest BCUT2D eigenvalue weighted by Gasteiger charge is -2.34. The predicted molar refractivity (Wildman–Crippen MR) is 106 cm³/mol. The lowest BCUT2D eigenvalue weighted by molar-refractivity contribution is 0.0901. The zero-order valence-corrected chi connectivity index (χ0v) is 16.1. The van der Waals surface area contributed by atoms with Crippen LogP contribution in [0, 0.1) is 0 Å². The third kappa shape index (κ3) is 4.51. The van der Waals surface area contributed by atoms with Crippen molar-refractivity contribution >= 4 is 22.7 Å². The van der Waals surface area contributed by atoms with Crippen LogP contribution in [0.4, 0.5) is 11.8 Å². The van der Waals surface area contributed by atoms with Crippen LogP contribution in [0.2, 0.25) is 0 Å². The summed E-state index contributed by atoms with van der Waals surface area (Å²) < 4.78 is 10.6. The van der Waals surface area contributed by atoms with Gasteiger partial charge in [-0.25, -0.2) is 4.98 Å². The Balaban J connectivity index is 1.63. The minimum atomic E-state index is 0.239. The van der Waals surface area contributed by atoms with E-state index in [1.807, 2.05) is 0 Å². The van der Waals surface area contributed by atoms with Crippen LogP contribution in [0.3, 0.4) is 0 Å². The maximum absolute atomic E-state index is 9.50. The summed E-state index contributed by atoms with van der Waals surface area (Å²) in [5.74, 6) is 2.11. The predicted octanol–water partition coefficient (Wildman–Crippen LogP) is 1.88. The third-order valence-corrected chi connectivity index (χ3v) is 5.10. The fraction of sp³-hybridized carbons (Fsp3) is 0.579. The van der Waals surface area contributed by atoms with E-state index in [9.17, 15) is 5.11 Å². The van der Waals surface area contributed by atoms with Crippen molar-refractivity contribution in [2.75, 3.05) is 51.5 Å². The van der Waals surface area contributed by atoms with Gasteiger partial charge in [-0.15, -0.1) is 0 Å². The molecule has 1 atom stereocenters. The van der Waals surface area contributed by atoms with Gasteiger partial charge in [-0.2, -0.15) is 4.98 Å².